The van der Waals surface area contributed by atoms with E-state index >= 15 is 0 Å². The number of benzene rings is 2. The van der Waals surface area contributed by atoms with E-state index in [1.165, 1.54) is 0 Å². The molecule has 0 atom stereocenters. The van der Waals surface area contributed by atoms with Crippen molar-refractivity contribution in [2.75, 3.05) is 5.32 Å². The Hall–Kier alpha value is -2.82. The van der Waals surface area contributed by atoms with Crippen molar-refractivity contribution in [2.45, 2.75) is 46.5 Å². The Kier molecular flexibility index (Phi) is 6.39. The molecule has 3 N–H and O–H groups in total. The first kappa shape index (κ1) is 19.5. The predicted molar refractivity (Wildman–Crippen MR) is 107 cm³/mol. The Morgan fingerprint density at radius 3 is 2.08 bits per heavy atom. The summed E-state index contributed by atoms with van der Waals surface area (Å²) >= 11 is 0. The van der Waals surface area contributed by atoms with Gasteiger partial charge in [-0.15, -0.1) is 0 Å². The first-order valence-corrected chi connectivity index (χ1v) is 8.81. The predicted octanol–water partition coefficient (Wildman–Crippen LogP) is 5.10. The first-order valence-electron chi connectivity index (χ1n) is 8.81. The molecule has 2 aromatic carbocycles. The van der Waals surface area contributed by atoms with Gasteiger partial charge < -0.3 is 10.4 Å². The number of phenolic OH excluding ortho intramolecular Hbond substituents is 1. The Labute approximate surface area is 155 Å². The summed E-state index contributed by atoms with van der Waals surface area (Å²) in [6.07, 6.45) is 1.59. The number of hydrazone groups is 1. The molecule has 0 radical (unpaired) electrons. The van der Waals surface area contributed by atoms with Crippen molar-refractivity contribution < 1.29 is 9.90 Å². The number of rotatable bonds is 5. The van der Waals surface area contributed by atoms with Crippen molar-refractivity contribution in [3.63, 3.8) is 0 Å². The van der Waals surface area contributed by atoms with Crippen LogP contribution >= 0.6 is 0 Å². The van der Waals surface area contributed by atoms with E-state index in [1.54, 1.807) is 6.21 Å². The van der Waals surface area contributed by atoms with Gasteiger partial charge >= 0.3 is 6.03 Å². The van der Waals surface area contributed by atoms with Gasteiger partial charge in [0, 0.05) is 5.69 Å². The topological polar surface area (TPSA) is 73.7 Å². The fourth-order valence-electron chi connectivity index (χ4n) is 2.62. The third kappa shape index (κ3) is 5.09. The minimum Gasteiger partial charge on any atom is -0.507 e. The second-order valence-corrected chi connectivity index (χ2v) is 7.05. The van der Waals surface area contributed by atoms with E-state index < -0.39 is 6.03 Å². The second-order valence-electron chi connectivity index (χ2n) is 7.05. The van der Waals surface area contributed by atoms with Gasteiger partial charge in [-0.1, -0.05) is 45.4 Å². The van der Waals surface area contributed by atoms with E-state index in [9.17, 15) is 9.90 Å². The molecule has 5 heteroatoms. The zero-order chi connectivity index (χ0) is 19.3. The quantitative estimate of drug-likeness (QED) is 0.516. The summed E-state index contributed by atoms with van der Waals surface area (Å²) in [5.41, 5.74) is 6.89. The Morgan fingerprint density at radius 2 is 1.58 bits per heavy atom. The molecule has 2 rings (SSSR count). The van der Waals surface area contributed by atoms with Crippen LogP contribution in [0.2, 0.25) is 0 Å². The highest BCUT2D eigenvalue weighted by Crippen LogP contribution is 2.34. The Bertz CT molecular complexity index is 764. The minimum atomic E-state index is -0.406. The normalized spacial score (nSPS) is 11.3. The van der Waals surface area contributed by atoms with Crippen molar-refractivity contribution in [3.8, 4) is 5.75 Å². The Balaban J connectivity index is 2.09. The lowest BCUT2D eigenvalue weighted by Crippen LogP contribution is -2.24. The molecule has 138 valence electrons. The van der Waals surface area contributed by atoms with Gasteiger partial charge in [0.1, 0.15) is 5.75 Å². The maximum Gasteiger partial charge on any atom is 0.339 e. The maximum atomic E-state index is 11.9. The molecule has 2 amide bonds. The number of urea groups is 1. The first-order chi connectivity index (χ1) is 12.3. The van der Waals surface area contributed by atoms with E-state index in [2.05, 4.69) is 15.8 Å². The monoisotopic (exact) mass is 353 g/mol. The molecule has 0 aromatic heterocycles. The standard InChI is InChI=1S/C21H27N3O2/c1-13(2)18-10-16(11-19(14(3)4)20(18)25)12-22-24-21(26)23-17-8-6-15(5)7-9-17/h6-14,25H,1-5H3,(H2,23,24,26)/b22-12-. The van der Waals surface area contributed by atoms with Crippen molar-refractivity contribution in [3.05, 3.63) is 58.7 Å². The largest absolute Gasteiger partial charge is 0.507 e. The summed E-state index contributed by atoms with van der Waals surface area (Å²) in [5.74, 6) is 0.731. The van der Waals surface area contributed by atoms with Crippen LogP contribution in [0.25, 0.3) is 0 Å². The zero-order valence-electron chi connectivity index (χ0n) is 16.0. The van der Waals surface area contributed by atoms with E-state index in [0.29, 0.717) is 11.4 Å². The number of hydrogen-bond acceptors (Lipinski definition) is 3. The number of carbonyl (C=O) groups is 1. The molecule has 26 heavy (non-hydrogen) atoms. The highest BCUT2D eigenvalue weighted by molar-refractivity contribution is 5.90. The van der Waals surface area contributed by atoms with Crippen molar-refractivity contribution in [2.24, 2.45) is 5.10 Å². The van der Waals surface area contributed by atoms with Crippen LogP contribution in [-0.2, 0) is 0 Å². The third-order valence-corrected chi connectivity index (χ3v) is 4.12. The van der Waals surface area contributed by atoms with Crippen LogP contribution in [0, 0.1) is 6.92 Å². The van der Waals surface area contributed by atoms with E-state index in [0.717, 1.165) is 22.3 Å². The zero-order valence-corrected chi connectivity index (χ0v) is 16.0. The van der Waals surface area contributed by atoms with Crippen molar-refractivity contribution in [1.82, 2.24) is 5.43 Å². The summed E-state index contributed by atoms with van der Waals surface area (Å²) in [5, 5.41) is 17.2. The summed E-state index contributed by atoms with van der Waals surface area (Å²) in [6, 6.07) is 10.9. The molecule has 5 nitrogen and oxygen atoms in total. The van der Waals surface area contributed by atoms with Gasteiger partial charge in [-0.05, 0) is 59.7 Å². The van der Waals surface area contributed by atoms with E-state index in [-0.39, 0.29) is 11.8 Å². The van der Waals surface area contributed by atoms with Crippen LogP contribution in [0.15, 0.2) is 41.5 Å². The van der Waals surface area contributed by atoms with E-state index in [1.807, 2.05) is 71.0 Å². The molecule has 0 aliphatic carbocycles. The molecule has 0 aliphatic rings. The van der Waals surface area contributed by atoms with Crippen molar-refractivity contribution >= 4 is 17.9 Å². The second kappa shape index (κ2) is 8.52. The summed E-state index contributed by atoms with van der Waals surface area (Å²) in [7, 11) is 0. The number of anilines is 1. The molecule has 0 unspecified atom stereocenters. The number of nitrogens with one attached hydrogen (secondary N) is 2. The summed E-state index contributed by atoms with van der Waals surface area (Å²) in [6.45, 7) is 10.1. The number of phenols is 1. The molecular weight excluding hydrogens is 326 g/mol. The Morgan fingerprint density at radius 1 is 1.04 bits per heavy atom. The molecule has 0 aliphatic heterocycles. The van der Waals surface area contributed by atoms with Gasteiger partial charge in [-0.25, -0.2) is 10.2 Å². The lowest BCUT2D eigenvalue weighted by molar-refractivity contribution is 0.252. The van der Waals surface area contributed by atoms with Crippen LogP contribution in [0.5, 0.6) is 5.75 Å². The third-order valence-electron chi connectivity index (χ3n) is 4.12. The highest BCUT2D eigenvalue weighted by Gasteiger charge is 2.14. The molecule has 2 aromatic rings. The average molecular weight is 353 g/mol. The number of aryl methyl sites for hydroxylation is 1. The molecule has 0 saturated heterocycles. The van der Waals surface area contributed by atoms with Gasteiger partial charge in [0.2, 0.25) is 0 Å². The molecule has 0 saturated carbocycles. The number of amides is 2. The van der Waals surface area contributed by atoms with Crippen molar-refractivity contribution in [1.29, 1.82) is 0 Å². The summed E-state index contributed by atoms with van der Waals surface area (Å²) in [4.78, 5) is 11.9. The SMILES string of the molecule is Cc1ccc(NC(=O)N/N=C\c2cc(C(C)C)c(O)c(C(C)C)c2)cc1. The van der Waals surface area contributed by atoms with Crippen LogP contribution in [-0.4, -0.2) is 17.4 Å². The van der Waals surface area contributed by atoms with Crippen LogP contribution in [0.4, 0.5) is 10.5 Å². The van der Waals surface area contributed by atoms with Gasteiger partial charge in [-0.3, -0.25) is 0 Å². The lowest BCUT2D eigenvalue weighted by Gasteiger charge is -2.16. The van der Waals surface area contributed by atoms with Crippen LogP contribution < -0.4 is 10.7 Å². The van der Waals surface area contributed by atoms with Crippen LogP contribution in [0.1, 0.15) is 61.8 Å². The lowest BCUT2D eigenvalue weighted by atomic mass is 9.92. The van der Waals surface area contributed by atoms with Gasteiger partial charge in [0.15, 0.2) is 0 Å². The number of aromatic hydroxyl groups is 1. The van der Waals surface area contributed by atoms with Gasteiger partial charge in [0.25, 0.3) is 0 Å². The molecular formula is C21H27N3O2. The average Bonchev–Trinajstić information content (AvgIpc) is 2.57. The van der Waals surface area contributed by atoms with Gasteiger partial charge in [0.05, 0.1) is 6.21 Å². The molecule has 0 spiro atoms. The fraction of sp³-hybridized carbons (Fsp3) is 0.333. The molecule has 0 heterocycles. The molecule has 0 bridgehead atoms. The fourth-order valence-corrected chi connectivity index (χ4v) is 2.62. The maximum absolute atomic E-state index is 11.9. The number of hydrogen-bond donors (Lipinski definition) is 3. The number of nitrogens with zero attached hydrogens (tertiary/aromatic N) is 1. The summed E-state index contributed by atoms with van der Waals surface area (Å²) < 4.78 is 0. The van der Waals surface area contributed by atoms with Crippen LogP contribution in [0.3, 0.4) is 0 Å². The minimum absolute atomic E-state index is 0.193. The number of carbonyl (C=O) groups excluding carboxylic acids is 1. The highest BCUT2D eigenvalue weighted by atomic mass is 16.3. The smallest absolute Gasteiger partial charge is 0.339 e. The van der Waals surface area contributed by atoms with Gasteiger partial charge in [-0.2, -0.15) is 5.10 Å². The molecule has 0 fully saturated rings. The van der Waals surface area contributed by atoms with E-state index in [4.69, 9.17) is 0 Å².